The summed E-state index contributed by atoms with van der Waals surface area (Å²) in [5.41, 5.74) is 5.29. The molecule has 3 aromatic rings. The monoisotopic (exact) mass is 356 g/mol. The Balaban J connectivity index is 1.89. The maximum atomic E-state index is 13.7. The molecule has 1 N–H and O–H groups in total. The molecule has 1 aliphatic heterocycles. The number of hydrogen-bond acceptors (Lipinski definition) is 3. The van der Waals surface area contributed by atoms with Crippen LogP contribution in [0.25, 0.3) is 22.4 Å². The fraction of sp³-hybridized carbons (Fsp3) is 0.105. The minimum atomic E-state index is -0.304. The minimum Gasteiger partial charge on any atom is -0.375 e. The zero-order valence-corrected chi connectivity index (χ0v) is 14.5. The summed E-state index contributed by atoms with van der Waals surface area (Å²) in [5, 5.41) is 3.70. The predicted molar refractivity (Wildman–Crippen MR) is 99.2 cm³/mol. The van der Waals surface area contributed by atoms with Gasteiger partial charge in [-0.25, -0.2) is 4.39 Å². The van der Waals surface area contributed by atoms with E-state index in [9.17, 15) is 4.39 Å². The second kappa shape index (κ2) is 6.11. The van der Waals surface area contributed by atoms with E-state index in [1.807, 2.05) is 12.1 Å². The highest BCUT2D eigenvalue weighted by Crippen LogP contribution is 2.40. The number of aryl methyl sites for hydroxylation is 1. The third-order valence-electron chi connectivity index (χ3n) is 4.09. The highest BCUT2D eigenvalue weighted by molar-refractivity contribution is 7.99. The Morgan fingerprint density at radius 1 is 1.17 bits per heavy atom. The Hall–Kier alpha value is -2.04. The molecule has 0 radical (unpaired) electrons. The quantitative estimate of drug-likeness (QED) is 0.610. The Bertz CT molecular complexity index is 943. The van der Waals surface area contributed by atoms with E-state index in [4.69, 9.17) is 11.6 Å². The molecule has 0 fully saturated rings. The van der Waals surface area contributed by atoms with E-state index in [0.29, 0.717) is 10.6 Å². The van der Waals surface area contributed by atoms with Crippen LogP contribution < -0.4 is 5.32 Å². The first-order valence-electron chi connectivity index (χ1n) is 7.55. The number of benzene rings is 2. The number of nitrogens with one attached hydrogen (secondary N) is 1. The maximum absolute atomic E-state index is 13.7. The van der Waals surface area contributed by atoms with Gasteiger partial charge in [0.05, 0.1) is 16.6 Å². The molecule has 0 unspecified atom stereocenters. The summed E-state index contributed by atoms with van der Waals surface area (Å²) in [6, 6.07) is 13.3. The Kier molecular flexibility index (Phi) is 3.94. The van der Waals surface area contributed by atoms with Crippen LogP contribution in [0, 0.1) is 12.7 Å². The third kappa shape index (κ3) is 2.66. The summed E-state index contributed by atoms with van der Waals surface area (Å²) in [7, 11) is 0. The highest BCUT2D eigenvalue weighted by Gasteiger charge is 2.16. The number of hydrogen-bond donors (Lipinski definition) is 1. The van der Waals surface area contributed by atoms with Gasteiger partial charge < -0.3 is 5.32 Å². The van der Waals surface area contributed by atoms with Gasteiger partial charge in [-0.1, -0.05) is 23.7 Å². The molecule has 0 atom stereocenters. The van der Waals surface area contributed by atoms with Crippen molar-refractivity contribution in [3.63, 3.8) is 0 Å². The topological polar surface area (TPSA) is 24.9 Å². The summed E-state index contributed by atoms with van der Waals surface area (Å²) >= 11 is 8.07. The van der Waals surface area contributed by atoms with Gasteiger partial charge >= 0.3 is 0 Å². The number of aromatic nitrogens is 1. The van der Waals surface area contributed by atoms with Gasteiger partial charge in [-0.05, 0) is 48.4 Å². The van der Waals surface area contributed by atoms with Crippen molar-refractivity contribution in [2.45, 2.75) is 11.8 Å². The van der Waals surface area contributed by atoms with Crippen LogP contribution in [0.2, 0.25) is 5.02 Å². The number of rotatable bonds is 2. The summed E-state index contributed by atoms with van der Waals surface area (Å²) in [5.74, 6) is 0.586. The van der Waals surface area contributed by atoms with Crippen molar-refractivity contribution in [2.24, 2.45) is 0 Å². The van der Waals surface area contributed by atoms with Crippen LogP contribution in [0.4, 0.5) is 10.1 Å². The largest absolute Gasteiger partial charge is 0.375 e. The lowest BCUT2D eigenvalue weighted by Gasteiger charge is -2.12. The molecule has 0 bridgehead atoms. The van der Waals surface area contributed by atoms with Crippen LogP contribution in [-0.2, 0) is 0 Å². The van der Waals surface area contributed by atoms with Crippen LogP contribution in [0.1, 0.15) is 5.56 Å². The zero-order chi connectivity index (χ0) is 16.7. The Morgan fingerprint density at radius 2 is 2.04 bits per heavy atom. The number of pyridine rings is 1. The summed E-state index contributed by atoms with van der Waals surface area (Å²) in [6.07, 6.45) is 1.73. The first-order valence-corrected chi connectivity index (χ1v) is 8.92. The van der Waals surface area contributed by atoms with Gasteiger partial charge in [0.2, 0.25) is 0 Å². The summed E-state index contributed by atoms with van der Waals surface area (Å²) < 4.78 is 13.7. The first kappa shape index (κ1) is 15.5. The normalized spacial score (nSPS) is 12.8. The molecule has 4 rings (SSSR count). The average molecular weight is 357 g/mol. The van der Waals surface area contributed by atoms with Crippen molar-refractivity contribution in [1.82, 2.24) is 4.98 Å². The molecule has 0 aliphatic carbocycles. The van der Waals surface area contributed by atoms with E-state index in [2.05, 4.69) is 28.5 Å². The molecule has 1 aromatic heterocycles. The van der Waals surface area contributed by atoms with Gasteiger partial charge in [0.15, 0.2) is 0 Å². The number of anilines is 1. The van der Waals surface area contributed by atoms with E-state index in [-0.39, 0.29) is 5.82 Å². The van der Waals surface area contributed by atoms with Gasteiger partial charge in [-0.15, -0.1) is 11.8 Å². The predicted octanol–water partition coefficient (Wildman–Crippen LogP) is 5.99. The van der Waals surface area contributed by atoms with E-state index < -0.39 is 0 Å². The average Bonchev–Trinajstić information content (AvgIpc) is 3.06. The molecule has 2 nitrogen and oxygen atoms in total. The summed E-state index contributed by atoms with van der Waals surface area (Å²) in [6.45, 7) is 1.73. The van der Waals surface area contributed by atoms with Crippen molar-refractivity contribution in [3.05, 3.63) is 65.1 Å². The Labute approximate surface area is 149 Å². The first-order chi connectivity index (χ1) is 11.6. The number of halogens is 2. The number of nitrogens with zero attached hydrogens (tertiary/aromatic N) is 1. The smallest absolute Gasteiger partial charge is 0.127 e. The van der Waals surface area contributed by atoms with Gasteiger partial charge in [-0.2, -0.15) is 0 Å². The fourth-order valence-electron chi connectivity index (χ4n) is 2.84. The lowest BCUT2D eigenvalue weighted by Crippen LogP contribution is -1.93. The van der Waals surface area contributed by atoms with Gasteiger partial charge in [0, 0.05) is 27.9 Å². The zero-order valence-electron chi connectivity index (χ0n) is 12.9. The lowest BCUT2D eigenvalue weighted by atomic mass is 9.98. The van der Waals surface area contributed by atoms with E-state index >= 15 is 0 Å². The van der Waals surface area contributed by atoms with Crippen molar-refractivity contribution >= 4 is 29.1 Å². The van der Waals surface area contributed by atoms with Crippen LogP contribution in [0.5, 0.6) is 0 Å². The van der Waals surface area contributed by atoms with Crippen molar-refractivity contribution in [2.75, 3.05) is 11.2 Å². The van der Waals surface area contributed by atoms with Gasteiger partial charge in [0.1, 0.15) is 5.82 Å². The molecular formula is C19H14ClFN2S. The molecule has 2 aromatic carbocycles. The van der Waals surface area contributed by atoms with Crippen LogP contribution in [-0.4, -0.2) is 10.9 Å². The molecule has 2 heterocycles. The molecule has 1 aliphatic rings. The van der Waals surface area contributed by atoms with Crippen LogP contribution >= 0.6 is 23.4 Å². The fourth-order valence-corrected chi connectivity index (χ4v) is 3.97. The standard InChI is InChI=1S/C19H14ClFN2S/c1-11-7-14(15(20)9-16(11)21)19-13(3-2-6-22-19)12-4-5-17-18(8-12)24-10-23-17/h2-9,23H,10H2,1H3. The molecule has 24 heavy (non-hydrogen) atoms. The SMILES string of the molecule is Cc1cc(-c2ncccc2-c2ccc3c(c2)SCN3)c(Cl)cc1F. The van der Waals surface area contributed by atoms with Gasteiger partial charge in [0.25, 0.3) is 0 Å². The van der Waals surface area contributed by atoms with E-state index in [1.54, 1.807) is 30.9 Å². The molecular weight excluding hydrogens is 343 g/mol. The molecule has 5 heteroatoms. The van der Waals surface area contributed by atoms with Crippen molar-refractivity contribution < 1.29 is 4.39 Å². The van der Waals surface area contributed by atoms with Crippen LogP contribution in [0.15, 0.2) is 53.6 Å². The highest BCUT2D eigenvalue weighted by atomic mass is 35.5. The molecule has 0 saturated carbocycles. The second-order valence-corrected chi connectivity index (χ2v) is 7.08. The van der Waals surface area contributed by atoms with E-state index in [1.165, 1.54) is 11.0 Å². The second-order valence-electron chi connectivity index (χ2n) is 5.66. The van der Waals surface area contributed by atoms with Crippen molar-refractivity contribution in [3.8, 4) is 22.4 Å². The lowest BCUT2D eigenvalue weighted by molar-refractivity contribution is 0.619. The van der Waals surface area contributed by atoms with E-state index in [0.717, 1.165) is 33.9 Å². The number of fused-ring (bicyclic) bond motifs is 1. The van der Waals surface area contributed by atoms with Gasteiger partial charge in [-0.3, -0.25) is 4.98 Å². The summed E-state index contributed by atoms with van der Waals surface area (Å²) in [4.78, 5) is 5.75. The molecule has 120 valence electrons. The third-order valence-corrected chi connectivity index (χ3v) is 5.34. The van der Waals surface area contributed by atoms with Crippen molar-refractivity contribution in [1.29, 1.82) is 0 Å². The minimum absolute atomic E-state index is 0.304. The molecule has 0 saturated heterocycles. The maximum Gasteiger partial charge on any atom is 0.127 e. The number of thioether (sulfide) groups is 1. The molecule has 0 amide bonds. The molecule has 0 spiro atoms. The van der Waals surface area contributed by atoms with Crippen LogP contribution in [0.3, 0.4) is 0 Å². The Morgan fingerprint density at radius 3 is 2.92 bits per heavy atom.